The summed E-state index contributed by atoms with van der Waals surface area (Å²) in [5.41, 5.74) is -0.636. The number of nitrogens with zero attached hydrogens (tertiary/aromatic N) is 1. The van der Waals surface area contributed by atoms with Crippen LogP contribution in [-0.2, 0) is 8.41 Å². The van der Waals surface area contributed by atoms with Gasteiger partial charge in [-0.15, -0.1) is 0 Å². The third kappa shape index (κ3) is 7.23. The fourth-order valence-electron chi connectivity index (χ4n) is 1.30. The molecule has 0 rings (SSSR count). The Hall–Kier alpha value is 0.995. The van der Waals surface area contributed by atoms with Crippen LogP contribution >= 0.6 is 47.3 Å². The van der Waals surface area contributed by atoms with Gasteiger partial charge in [0, 0.05) is 47.5 Å². The molecule has 17 heavy (non-hydrogen) atoms. The minimum Gasteiger partial charge on any atom is -0.830 e. The molecule has 0 aliphatic heterocycles. The summed E-state index contributed by atoms with van der Waals surface area (Å²) in [6.45, 7) is 5.68. The van der Waals surface area contributed by atoms with Gasteiger partial charge >= 0.3 is 7.32 Å². The molecule has 0 aromatic carbocycles. The van der Waals surface area contributed by atoms with Gasteiger partial charge in [-0.05, 0) is 0 Å². The summed E-state index contributed by atoms with van der Waals surface area (Å²) >= 11 is 19.6. The van der Waals surface area contributed by atoms with Gasteiger partial charge in [0.25, 0.3) is 0 Å². The minimum absolute atomic E-state index is 0.636. The fraction of sp³-hybridized carbons (Fsp3) is 1.00. The number of hydrogen-bond donors (Lipinski definition) is 0. The molecule has 0 fully saturated rings. The molecule has 0 atom stereocenters. The van der Waals surface area contributed by atoms with E-state index in [1.807, 2.05) is 20.8 Å². The maximum absolute atomic E-state index is 13.2. The van der Waals surface area contributed by atoms with Gasteiger partial charge in [0.15, 0.2) is 5.54 Å². The van der Waals surface area contributed by atoms with E-state index in [1.54, 1.807) is 0 Å². The molecule has 0 aliphatic rings. The normalized spacial score (nSPS) is 11.8. The van der Waals surface area contributed by atoms with Gasteiger partial charge in [-0.3, -0.25) is 0 Å². The van der Waals surface area contributed by atoms with Crippen molar-refractivity contribution in [2.75, 3.05) is 0 Å². The Labute approximate surface area is 122 Å². The van der Waals surface area contributed by atoms with Crippen molar-refractivity contribution in [1.29, 1.82) is 0 Å². The Morgan fingerprint density at radius 2 is 1.41 bits per heavy atom. The van der Waals surface area contributed by atoms with Crippen LogP contribution in [0.25, 0.3) is 0 Å². The van der Waals surface area contributed by atoms with Gasteiger partial charge in [0.2, 0.25) is 23.6 Å². The van der Waals surface area contributed by atoms with Crippen molar-refractivity contribution in [1.82, 2.24) is 0 Å². The monoisotopic (exact) mass is 331 g/mol. The molecule has 0 N–H and O–H groups in total. The topological polar surface area (TPSA) is 41.5 Å². The van der Waals surface area contributed by atoms with E-state index in [2.05, 4.69) is 32.1 Å². The molecule has 0 amide bonds. The molecule has 0 aromatic heterocycles. The lowest BCUT2D eigenvalue weighted by Crippen LogP contribution is -2.45. The highest BCUT2D eigenvalue weighted by Gasteiger charge is 2.50. The van der Waals surface area contributed by atoms with Crippen LogP contribution in [0.5, 0.6) is 0 Å². The molecule has 10 heteroatoms. The van der Waals surface area contributed by atoms with Gasteiger partial charge in [-0.1, -0.05) is 20.8 Å². The van der Waals surface area contributed by atoms with Gasteiger partial charge in [-0.2, -0.15) is 0 Å². The van der Waals surface area contributed by atoms with Gasteiger partial charge in [0.1, 0.15) is 0 Å². The first-order valence-corrected chi connectivity index (χ1v) is 6.22. The van der Waals surface area contributed by atoms with Crippen LogP contribution in [0.1, 0.15) is 40.0 Å². The highest BCUT2D eigenvalue weighted by Crippen LogP contribution is 2.40. The lowest BCUT2D eigenvalue weighted by Gasteiger charge is -2.30. The Kier molecular flexibility index (Phi) is 11.8. The van der Waals surface area contributed by atoms with E-state index in [4.69, 9.17) is 23.6 Å². The van der Waals surface area contributed by atoms with Crippen LogP contribution in [0.4, 0.5) is 4.48 Å². The standard InChI is InChI=1S/C7H15Cl2FN.BCl2O3/c1-4-7(5-2,6-3)11(8,9)10;2-5-1(4)6-3/h4-6H2,1-3H3;/q+1;-1. The Morgan fingerprint density at radius 1 is 1.12 bits per heavy atom. The smallest absolute Gasteiger partial charge is 0.391 e. The van der Waals surface area contributed by atoms with E-state index >= 15 is 0 Å². The number of quaternary nitrogens is 1. The molecule has 0 unspecified atom stereocenters. The molecule has 0 saturated heterocycles. The van der Waals surface area contributed by atoms with Gasteiger partial charge in [-0.25, -0.2) is 0 Å². The number of hydrogen-bond acceptors (Lipinski definition) is 3. The maximum Gasteiger partial charge on any atom is 0.391 e. The summed E-state index contributed by atoms with van der Waals surface area (Å²) in [6, 6.07) is 0. The Morgan fingerprint density at radius 3 is 1.41 bits per heavy atom. The van der Waals surface area contributed by atoms with E-state index < -0.39 is 16.6 Å². The highest BCUT2D eigenvalue weighted by molar-refractivity contribution is 6.45. The van der Waals surface area contributed by atoms with Crippen LogP contribution < -0.4 is 5.02 Å². The quantitative estimate of drug-likeness (QED) is 0.551. The molecular weight excluding hydrogens is 318 g/mol. The molecule has 0 saturated carbocycles. The van der Waals surface area contributed by atoms with Crippen molar-refractivity contribution in [2.45, 2.75) is 45.6 Å². The largest absolute Gasteiger partial charge is 0.830 e. The van der Waals surface area contributed by atoms with Crippen molar-refractivity contribution in [2.24, 2.45) is 0 Å². The van der Waals surface area contributed by atoms with Crippen molar-refractivity contribution >= 4 is 54.6 Å². The predicted molar refractivity (Wildman–Crippen MR) is 66.3 cm³/mol. The molecule has 0 aromatic rings. The zero-order chi connectivity index (χ0) is 14.1. The van der Waals surface area contributed by atoms with Crippen LogP contribution in [0.15, 0.2) is 0 Å². The molecule has 0 aliphatic carbocycles. The summed E-state index contributed by atoms with van der Waals surface area (Å²) in [5, 5.41) is 9.56. The third-order valence-electron chi connectivity index (χ3n) is 2.66. The van der Waals surface area contributed by atoms with E-state index in [0.717, 1.165) is 0 Å². The Balaban J connectivity index is 0. The van der Waals surface area contributed by atoms with Crippen molar-refractivity contribution in [3.8, 4) is 0 Å². The highest BCUT2D eigenvalue weighted by atomic mass is 35.5. The van der Waals surface area contributed by atoms with Crippen LogP contribution in [0.3, 0.4) is 0 Å². The SMILES string of the molecule is CCC(CC)(CC)[N+](F)(Cl)Cl.[O-]B(OCl)OCl. The zero-order valence-electron chi connectivity index (χ0n) is 9.76. The van der Waals surface area contributed by atoms with E-state index in [9.17, 15) is 9.51 Å². The first-order valence-electron chi connectivity index (χ1n) is 4.93. The average Bonchev–Trinajstić information content (AvgIpc) is 2.30. The second kappa shape index (κ2) is 9.86. The zero-order valence-corrected chi connectivity index (χ0v) is 12.8. The van der Waals surface area contributed by atoms with Crippen molar-refractivity contribution in [3.05, 3.63) is 0 Å². The van der Waals surface area contributed by atoms with E-state index in [-0.39, 0.29) is 0 Å². The first kappa shape index (κ1) is 20.3. The van der Waals surface area contributed by atoms with Crippen LogP contribution in [-0.4, -0.2) is 16.6 Å². The molecule has 0 radical (unpaired) electrons. The van der Waals surface area contributed by atoms with Crippen molar-refractivity contribution < 1.29 is 21.7 Å². The lowest BCUT2D eigenvalue weighted by atomic mass is 9.91. The van der Waals surface area contributed by atoms with E-state index in [1.165, 1.54) is 0 Å². The van der Waals surface area contributed by atoms with Crippen LogP contribution in [0, 0.1) is 0 Å². The summed E-state index contributed by atoms with van der Waals surface area (Å²) < 4.78 is 18.6. The molecule has 0 bridgehead atoms. The third-order valence-corrected chi connectivity index (χ3v) is 3.67. The second-order valence-corrected chi connectivity index (χ2v) is 4.66. The lowest BCUT2D eigenvalue weighted by molar-refractivity contribution is -0.905. The fourth-order valence-corrected chi connectivity index (χ4v) is 2.13. The average molecular weight is 333 g/mol. The van der Waals surface area contributed by atoms with Crippen molar-refractivity contribution in [3.63, 3.8) is 0 Å². The summed E-state index contributed by atoms with van der Waals surface area (Å²) in [4.78, 5) is 0. The molecular formula is C7H15BCl4FNO3. The Bertz CT molecular complexity index is 182. The van der Waals surface area contributed by atoms with Gasteiger partial charge < -0.3 is 13.4 Å². The van der Waals surface area contributed by atoms with Gasteiger partial charge in [0.05, 0.1) is 3.74 Å². The molecule has 4 nitrogen and oxygen atoms in total. The van der Waals surface area contributed by atoms with Crippen LogP contribution in [0.2, 0.25) is 0 Å². The molecule has 104 valence electrons. The summed E-state index contributed by atoms with van der Waals surface area (Å²) in [7, 11) is -1.78. The maximum atomic E-state index is 13.2. The predicted octanol–water partition coefficient (Wildman–Crippen LogP) is 3.64. The molecule has 0 spiro atoms. The minimum atomic E-state index is -1.78. The summed E-state index contributed by atoms with van der Waals surface area (Å²) in [5.74, 6) is 0. The molecule has 0 heterocycles. The number of halogens is 5. The number of rotatable bonds is 6. The second-order valence-electron chi connectivity index (χ2n) is 3.20. The first-order chi connectivity index (χ1) is 7.74. The summed E-state index contributed by atoms with van der Waals surface area (Å²) in [6.07, 6.45) is 1.93. The van der Waals surface area contributed by atoms with E-state index in [0.29, 0.717) is 19.3 Å².